The van der Waals surface area contributed by atoms with Crippen LogP contribution in [0.15, 0.2) is 40.8 Å². The summed E-state index contributed by atoms with van der Waals surface area (Å²) >= 11 is 0. The first-order chi connectivity index (χ1) is 24.3. The summed E-state index contributed by atoms with van der Waals surface area (Å²) in [6.07, 6.45) is 5.96. The summed E-state index contributed by atoms with van der Waals surface area (Å²) in [6.45, 7) is 6.85. The van der Waals surface area contributed by atoms with Gasteiger partial charge >= 0.3 is 12.1 Å². The van der Waals surface area contributed by atoms with Gasteiger partial charge in [0.2, 0.25) is 17.7 Å². The van der Waals surface area contributed by atoms with Gasteiger partial charge in [-0.2, -0.15) is 0 Å². The second kappa shape index (κ2) is 14.2. The molecule has 51 heavy (non-hydrogen) atoms. The number of carboxylic acids is 1. The lowest BCUT2D eigenvalue weighted by Crippen LogP contribution is -2.56. The molecule has 1 saturated carbocycles. The fraction of sp³-hybridized carbons (Fsp3) is 0.528. The molecule has 3 amide bonds. The van der Waals surface area contributed by atoms with Crippen LogP contribution in [0.2, 0.25) is 0 Å². The van der Waals surface area contributed by atoms with Crippen molar-refractivity contribution in [3.05, 3.63) is 42.3 Å². The average Bonchev–Trinajstić information content (AvgIpc) is 3.34. The number of carbonyl (C=O) groups excluding carboxylic acids is 3. The summed E-state index contributed by atoms with van der Waals surface area (Å²) in [7, 11) is 1.55. The topological polar surface area (TPSA) is 195 Å². The highest BCUT2D eigenvalue weighted by Crippen LogP contribution is 2.45. The zero-order valence-corrected chi connectivity index (χ0v) is 29.4. The van der Waals surface area contributed by atoms with E-state index < -0.39 is 53.2 Å². The summed E-state index contributed by atoms with van der Waals surface area (Å²) in [6, 6.07) is 4.89. The van der Waals surface area contributed by atoms with Crippen molar-refractivity contribution in [1.29, 1.82) is 0 Å². The van der Waals surface area contributed by atoms with E-state index in [1.165, 1.54) is 4.90 Å². The van der Waals surface area contributed by atoms with Crippen molar-refractivity contribution in [2.45, 2.75) is 102 Å². The molecule has 0 bridgehead atoms. The normalized spacial score (nSPS) is 26.2. The number of aryl methyl sites for hydroxylation is 1. The largest absolute Gasteiger partial charge is 0.497 e. The number of hydrogen-bond acceptors (Lipinski definition) is 11. The maximum absolute atomic E-state index is 14.4. The minimum atomic E-state index is -1.47. The molecule has 3 aromatic rings. The van der Waals surface area contributed by atoms with Crippen LogP contribution in [0.5, 0.6) is 11.5 Å². The van der Waals surface area contributed by atoms with Gasteiger partial charge in [0.1, 0.15) is 46.5 Å². The SMILES string of the molecule is COc1ccc2c(O[C@@H]3CC4C(=O)NC5(C(=O)O)CC5/C=C\CCCCCC(NC(=O)OC(C)(C)C)C(=O)N4C3)cc(-c3nnc(C)o3)nc2c1. The zero-order valence-electron chi connectivity index (χ0n) is 29.4. The van der Waals surface area contributed by atoms with E-state index in [-0.39, 0.29) is 31.2 Å². The summed E-state index contributed by atoms with van der Waals surface area (Å²) in [5.74, 6) is -1.09. The van der Waals surface area contributed by atoms with Crippen molar-refractivity contribution < 1.29 is 42.9 Å². The first kappa shape index (κ1) is 35.6. The lowest BCUT2D eigenvalue weighted by Gasteiger charge is -2.30. The number of methoxy groups -OCH3 is 1. The van der Waals surface area contributed by atoms with E-state index >= 15 is 0 Å². The van der Waals surface area contributed by atoms with E-state index in [0.717, 1.165) is 19.3 Å². The molecular formula is C36H44N6O9. The number of pyridine rings is 1. The number of rotatable bonds is 6. The predicted octanol–water partition coefficient (Wildman–Crippen LogP) is 4.32. The lowest BCUT2D eigenvalue weighted by atomic mass is 10.0. The van der Waals surface area contributed by atoms with E-state index in [4.69, 9.17) is 18.6 Å². The number of amides is 3. The minimum Gasteiger partial charge on any atom is -0.497 e. The second-order valence-electron chi connectivity index (χ2n) is 14.3. The number of aromatic nitrogens is 3. The number of hydrogen-bond donors (Lipinski definition) is 3. The third-order valence-electron chi connectivity index (χ3n) is 9.33. The molecule has 15 nitrogen and oxygen atoms in total. The van der Waals surface area contributed by atoms with Crippen molar-refractivity contribution in [3.63, 3.8) is 0 Å². The highest BCUT2D eigenvalue weighted by atomic mass is 16.6. The van der Waals surface area contributed by atoms with E-state index in [1.807, 2.05) is 12.2 Å². The Bertz CT molecular complexity index is 1850. The van der Waals surface area contributed by atoms with Crippen LogP contribution in [0.1, 0.15) is 71.6 Å². The number of benzene rings is 1. The molecule has 1 aliphatic carbocycles. The highest BCUT2D eigenvalue weighted by Gasteiger charge is 2.61. The van der Waals surface area contributed by atoms with Gasteiger partial charge in [0, 0.05) is 36.8 Å². The molecule has 3 N–H and O–H groups in total. The summed E-state index contributed by atoms with van der Waals surface area (Å²) in [4.78, 5) is 59.9. The number of allylic oxidation sites excluding steroid dienone is 1. The van der Waals surface area contributed by atoms with Gasteiger partial charge in [-0.1, -0.05) is 25.0 Å². The molecule has 2 aliphatic heterocycles. The van der Waals surface area contributed by atoms with Crippen molar-refractivity contribution in [2.75, 3.05) is 13.7 Å². The van der Waals surface area contributed by atoms with Gasteiger partial charge in [-0.15, -0.1) is 10.2 Å². The number of aliphatic carboxylic acids is 1. The summed E-state index contributed by atoms with van der Waals surface area (Å²) in [5, 5.41) is 24.4. The Hall–Kier alpha value is -5.21. The highest BCUT2D eigenvalue weighted by molar-refractivity contribution is 5.96. The maximum atomic E-state index is 14.4. The fourth-order valence-electron chi connectivity index (χ4n) is 6.69. The van der Waals surface area contributed by atoms with Crippen LogP contribution in [0.25, 0.3) is 22.5 Å². The molecule has 4 heterocycles. The van der Waals surface area contributed by atoms with Gasteiger partial charge in [0.15, 0.2) is 0 Å². The van der Waals surface area contributed by atoms with Gasteiger partial charge < -0.3 is 39.3 Å². The molecule has 3 aliphatic rings. The Morgan fingerprint density at radius 3 is 2.65 bits per heavy atom. The van der Waals surface area contributed by atoms with Crippen molar-refractivity contribution in [2.24, 2.45) is 5.92 Å². The third-order valence-corrected chi connectivity index (χ3v) is 9.33. The minimum absolute atomic E-state index is 0.0121. The number of ether oxygens (including phenoxy) is 3. The third kappa shape index (κ3) is 7.92. The smallest absolute Gasteiger partial charge is 0.408 e. The van der Waals surface area contributed by atoms with E-state index in [2.05, 4.69) is 25.8 Å². The molecule has 0 spiro atoms. The van der Waals surface area contributed by atoms with Crippen LogP contribution >= 0.6 is 0 Å². The summed E-state index contributed by atoms with van der Waals surface area (Å²) in [5.41, 5.74) is -1.38. The predicted molar refractivity (Wildman–Crippen MR) is 183 cm³/mol. The maximum Gasteiger partial charge on any atom is 0.408 e. The molecule has 5 atom stereocenters. The molecule has 1 aromatic carbocycles. The van der Waals surface area contributed by atoms with Gasteiger partial charge in [-0.3, -0.25) is 9.59 Å². The van der Waals surface area contributed by atoms with Gasteiger partial charge in [0.25, 0.3) is 5.89 Å². The Labute approximate surface area is 295 Å². The van der Waals surface area contributed by atoms with Crippen LogP contribution in [-0.4, -0.2) is 92.0 Å². The van der Waals surface area contributed by atoms with Crippen LogP contribution in [0, 0.1) is 12.8 Å². The summed E-state index contributed by atoms with van der Waals surface area (Å²) < 4.78 is 23.1. The van der Waals surface area contributed by atoms with Crippen molar-refractivity contribution in [1.82, 2.24) is 30.7 Å². The number of carbonyl (C=O) groups is 4. The zero-order chi connectivity index (χ0) is 36.5. The van der Waals surface area contributed by atoms with Gasteiger partial charge in [-0.05, 0) is 58.6 Å². The monoisotopic (exact) mass is 704 g/mol. The molecular weight excluding hydrogens is 660 g/mol. The Kier molecular flexibility index (Phi) is 9.91. The molecule has 2 aromatic heterocycles. The fourth-order valence-corrected chi connectivity index (χ4v) is 6.69. The van der Waals surface area contributed by atoms with E-state index in [1.54, 1.807) is 59.1 Å². The Balaban J connectivity index is 1.34. The van der Waals surface area contributed by atoms with Crippen LogP contribution < -0.4 is 20.1 Å². The molecule has 2 fully saturated rings. The molecule has 4 unspecified atom stereocenters. The Morgan fingerprint density at radius 2 is 1.94 bits per heavy atom. The molecule has 1 saturated heterocycles. The van der Waals surface area contributed by atoms with Gasteiger partial charge in [0.05, 0.1) is 19.2 Å². The van der Waals surface area contributed by atoms with E-state index in [0.29, 0.717) is 46.8 Å². The first-order valence-electron chi connectivity index (χ1n) is 17.2. The van der Waals surface area contributed by atoms with Gasteiger partial charge in [-0.25, -0.2) is 14.6 Å². The lowest BCUT2D eigenvalue weighted by molar-refractivity contribution is -0.145. The molecule has 6 rings (SSSR count). The van der Waals surface area contributed by atoms with Crippen LogP contribution in [-0.2, 0) is 19.1 Å². The second-order valence-corrected chi connectivity index (χ2v) is 14.3. The quantitative estimate of drug-likeness (QED) is 0.308. The number of fused-ring (bicyclic) bond motifs is 3. The number of carboxylic acid groups (broad SMARTS) is 1. The molecule has 15 heteroatoms. The van der Waals surface area contributed by atoms with Crippen molar-refractivity contribution in [3.8, 4) is 23.1 Å². The van der Waals surface area contributed by atoms with Crippen molar-refractivity contribution >= 4 is 34.8 Å². The number of nitrogens with one attached hydrogen (secondary N) is 2. The standard InChI is InChI=1S/C36H44N6O9/c1-20-40-41-31(49-20)27-17-29(24-14-13-22(48-5)15-26(24)37-27)50-23-16-28-30(43)39-36(33(45)46)18-21(36)11-9-7-6-8-10-12-25(32(44)42(28)19-23)38-34(47)51-35(2,3)4/h9,11,13-15,17,21,23,25,28H,6-8,10,12,16,18-19H2,1-5H3,(H,38,47)(H,39,43)(H,45,46)/b11-9-/t21?,23-,25?,28?,36?/m1/s1. The Morgan fingerprint density at radius 1 is 1.14 bits per heavy atom. The number of nitrogens with zero attached hydrogens (tertiary/aromatic N) is 4. The number of alkyl carbamates (subject to hydrolysis) is 1. The molecule has 272 valence electrons. The molecule has 0 radical (unpaired) electrons. The van der Waals surface area contributed by atoms with Crippen LogP contribution in [0.4, 0.5) is 4.79 Å². The van der Waals surface area contributed by atoms with Crippen LogP contribution in [0.3, 0.4) is 0 Å². The van der Waals surface area contributed by atoms with E-state index in [9.17, 15) is 24.3 Å². The first-order valence-corrected chi connectivity index (χ1v) is 17.2. The average molecular weight is 705 g/mol.